The number of nitrogen functional groups attached to an aromatic ring is 2. The van der Waals surface area contributed by atoms with Crippen molar-refractivity contribution in [2.24, 2.45) is 0 Å². The minimum atomic E-state index is -3.67. The number of sulfonamides is 1. The van der Waals surface area contributed by atoms with Crippen LogP contribution in [0.4, 0.5) is 17.3 Å². The van der Waals surface area contributed by atoms with E-state index < -0.39 is 10.0 Å². The summed E-state index contributed by atoms with van der Waals surface area (Å²) in [6, 6.07) is 5.84. The van der Waals surface area contributed by atoms with Gasteiger partial charge in [0.2, 0.25) is 5.95 Å². The van der Waals surface area contributed by atoms with Gasteiger partial charge in [0.05, 0.1) is 23.0 Å². The van der Waals surface area contributed by atoms with Gasteiger partial charge in [-0.1, -0.05) is 0 Å². The molecule has 0 aliphatic rings. The van der Waals surface area contributed by atoms with Gasteiger partial charge in [0.1, 0.15) is 0 Å². The molecule has 18 heavy (non-hydrogen) atoms. The molecule has 0 saturated carbocycles. The van der Waals surface area contributed by atoms with Crippen LogP contribution in [-0.2, 0) is 10.0 Å². The van der Waals surface area contributed by atoms with Crippen LogP contribution >= 0.6 is 0 Å². The van der Waals surface area contributed by atoms with Gasteiger partial charge in [0, 0.05) is 5.69 Å². The minimum absolute atomic E-state index is 0.0745. The first-order chi connectivity index (χ1) is 8.47. The fourth-order valence-corrected chi connectivity index (χ4v) is 2.28. The smallest absolute Gasteiger partial charge is 0.261 e. The van der Waals surface area contributed by atoms with E-state index in [1.807, 2.05) is 0 Å². The highest BCUT2D eigenvalue weighted by Gasteiger charge is 2.14. The quantitative estimate of drug-likeness (QED) is 0.692. The SMILES string of the molecule is Nc1ccc(S(=O)(=O)Nc2cnc(N)nc2)cc1. The highest BCUT2D eigenvalue weighted by Crippen LogP contribution is 2.16. The van der Waals surface area contributed by atoms with E-state index in [1.165, 1.54) is 36.7 Å². The molecule has 0 bridgehead atoms. The van der Waals surface area contributed by atoms with Crippen molar-refractivity contribution in [2.45, 2.75) is 4.90 Å². The van der Waals surface area contributed by atoms with Crippen LogP contribution in [0.1, 0.15) is 0 Å². The zero-order valence-corrected chi connectivity index (χ0v) is 10.1. The maximum absolute atomic E-state index is 12.0. The summed E-state index contributed by atoms with van der Waals surface area (Å²) >= 11 is 0. The second kappa shape index (κ2) is 4.49. The number of nitrogens with one attached hydrogen (secondary N) is 1. The van der Waals surface area contributed by atoms with Crippen molar-refractivity contribution >= 4 is 27.3 Å². The lowest BCUT2D eigenvalue weighted by atomic mass is 10.3. The van der Waals surface area contributed by atoms with E-state index in [0.717, 1.165) is 0 Å². The zero-order chi connectivity index (χ0) is 13.2. The van der Waals surface area contributed by atoms with Gasteiger partial charge in [-0.25, -0.2) is 18.4 Å². The van der Waals surface area contributed by atoms with Gasteiger partial charge in [0.15, 0.2) is 0 Å². The van der Waals surface area contributed by atoms with Gasteiger partial charge in [-0.3, -0.25) is 4.72 Å². The van der Waals surface area contributed by atoms with E-state index in [-0.39, 0.29) is 16.5 Å². The third-order valence-electron chi connectivity index (χ3n) is 2.11. The van der Waals surface area contributed by atoms with Crippen molar-refractivity contribution in [3.8, 4) is 0 Å². The number of aromatic nitrogens is 2. The van der Waals surface area contributed by atoms with E-state index in [9.17, 15) is 8.42 Å². The van der Waals surface area contributed by atoms with Gasteiger partial charge in [-0.2, -0.15) is 0 Å². The van der Waals surface area contributed by atoms with Gasteiger partial charge in [-0.15, -0.1) is 0 Å². The zero-order valence-electron chi connectivity index (χ0n) is 9.24. The lowest BCUT2D eigenvalue weighted by Gasteiger charge is -2.07. The highest BCUT2D eigenvalue weighted by molar-refractivity contribution is 7.92. The van der Waals surface area contributed by atoms with Crippen molar-refractivity contribution < 1.29 is 8.42 Å². The van der Waals surface area contributed by atoms with Gasteiger partial charge in [-0.05, 0) is 24.3 Å². The normalized spacial score (nSPS) is 11.1. The topological polar surface area (TPSA) is 124 Å². The van der Waals surface area contributed by atoms with Crippen LogP contribution in [0.3, 0.4) is 0 Å². The Labute approximate surface area is 104 Å². The van der Waals surface area contributed by atoms with Crippen LogP contribution in [0.25, 0.3) is 0 Å². The summed E-state index contributed by atoms with van der Waals surface area (Å²) in [6.45, 7) is 0. The molecule has 1 aromatic carbocycles. The van der Waals surface area contributed by atoms with Gasteiger partial charge < -0.3 is 11.5 Å². The molecule has 7 nitrogen and oxygen atoms in total. The molecule has 2 rings (SSSR count). The lowest BCUT2D eigenvalue weighted by molar-refractivity contribution is 0.601. The summed E-state index contributed by atoms with van der Waals surface area (Å²) < 4.78 is 26.3. The van der Waals surface area contributed by atoms with Crippen molar-refractivity contribution in [3.05, 3.63) is 36.7 Å². The number of rotatable bonds is 3. The number of benzene rings is 1. The molecule has 0 fully saturated rings. The molecular weight excluding hydrogens is 254 g/mol. The number of anilines is 3. The highest BCUT2D eigenvalue weighted by atomic mass is 32.2. The van der Waals surface area contributed by atoms with E-state index in [2.05, 4.69) is 14.7 Å². The number of nitrogens with zero attached hydrogens (tertiary/aromatic N) is 2. The monoisotopic (exact) mass is 265 g/mol. The minimum Gasteiger partial charge on any atom is -0.399 e. The molecule has 0 unspecified atom stereocenters. The molecular formula is C10H11N5O2S. The van der Waals surface area contributed by atoms with Crippen LogP contribution in [0.5, 0.6) is 0 Å². The van der Waals surface area contributed by atoms with E-state index in [0.29, 0.717) is 5.69 Å². The van der Waals surface area contributed by atoms with Crippen LogP contribution in [0.2, 0.25) is 0 Å². The number of hydrogen-bond acceptors (Lipinski definition) is 6. The molecule has 0 spiro atoms. The molecule has 0 saturated heterocycles. The Morgan fingerprint density at radius 2 is 1.56 bits per heavy atom. The van der Waals surface area contributed by atoms with Crippen LogP contribution < -0.4 is 16.2 Å². The Balaban J connectivity index is 2.27. The second-order valence-electron chi connectivity index (χ2n) is 3.50. The third-order valence-corrected chi connectivity index (χ3v) is 3.51. The maximum atomic E-state index is 12.0. The molecule has 0 aliphatic carbocycles. The molecule has 94 valence electrons. The van der Waals surface area contributed by atoms with E-state index in [4.69, 9.17) is 11.5 Å². The Morgan fingerprint density at radius 1 is 1.00 bits per heavy atom. The maximum Gasteiger partial charge on any atom is 0.261 e. The molecule has 0 atom stereocenters. The molecule has 0 aliphatic heterocycles. The van der Waals surface area contributed by atoms with E-state index >= 15 is 0 Å². The largest absolute Gasteiger partial charge is 0.399 e. The predicted molar refractivity (Wildman–Crippen MR) is 68.1 cm³/mol. The summed E-state index contributed by atoms with van der Waals surface area (Å²) in [5.74, 6) is 0.0745. The molecule has 1 aromatic heterocycles. The first-order valence-electron chi connectivity index (χ1n) is 4.93. The summed E-state index contributed by atoms with van der Waals surface area (Å²) in [6.07, 6.45) is 2.58. The fraction of sp³-hybridized carbons (Fsp3) is 0. The fourth-order valence-electron chi connectivity index (χ4n) is 1.25. The molecule has 2 aromatic rings. The summed E-state index contributed by atoms with van der Waals surface area (Å²) in [5, 5.41) is 0. The van der Waals surface area contributed by atoms with Crippen LogP contribution in [-0.4, -0.2) is 18.4 Å². The molecule has 0 radical (unpaired) electrons. The van der Waals surface area contributed by atoms with E-state index in [1.54, 1.807) is 0 Å². The average molecular weight is 265 g/mol. The van der Waals surface area contributed by atoms with Crippen LogP contribution in [0.15, 0.2) is 41.6 Å². The van der Waals surface area contributed by atoms with Crippen molar-refractivity contribution in [2.75, 3.05) is 16.2 Å². The Kier molecular flexibility index (Phi) is 3.02. The molecule has 8 heteroatoms. The number of nitrogens with two attached hydrogens (primary N) is 2. The van der Waals surface area contributed by atoms with Crippen molar-refractivity contribution in [3.63, 3.8) is 0 Å². The third kappa shape index (κ3) is 2.66. The first kappa shape index (κ1) is 12.1. The Hall–Kier alpha value is -2.35. The number of hydrogen-bond donors (Lipinski definition) is 3. The standard InChI is InChI=1S/C10H11N5O2S/c11-7-1-3-9(4-2-7)18(16,17)15-8-5-13-10(12)14-6-8/h1-6,15H,11H2,(H2,12,13,14). The lowest BCUT2D eigenvalue weighted by Crippen LogP contribution is -2.13. The first-order valence-corrected chi connectivity index (χ1v) is 6.41. The molecule has 0 amide bonds. The Morgan fingerprint density at radius 3 is 2.11 bits per heavy atom. The second-order valence-corrected chi connectivity index (χ2v) is 5.19. The summed E-state index contributed by atoms with van der Waals surface area (Å²) in [7, 11) is -3.67. The molecule has 5 N–H and O–H groups in total. The van der Waals surface area contributed by atoms with Crippen molar-refractivity contribution in [1.82, 2.24) is 9.97 Å². The predicted octanol–water partition coefficient (Wildman–Crippen LogP) is 0.442. The summed E-state index contributed by atoms with van der Waals surface area (Å²) in [5.41, 5.74) is 11.5. The van der Waals surface area contributed by atoms with Crippen molar-refractivity contribution in [1.29, 1.82) is 0 Å². The molecule has 1 heterocycles. The Bertz CT molecular complexity index is 637. The van der Waals surface area contributed by atoms with Crippen LogP contribution in [0, 0.1) is 0 Å². The summed E-state index contributed by atoms with van der Waals surface area (Å²) in [4.78, 5) is 7.49. The average Bonchev–Trinajstić information content (AvgIpc) is 2.32. The van der Waals surface area contributed by atoms with Gasteiger partial charge >= 0.3 is 0 Å². The van der Waals surface area contributed by atoms with Gasteiger partial charge in [0.25, 0.3) is 10.0 Å².